The van der Waals surface area contributed by atoms with Crippen molar-refractivity contribution in [2.45, 2.75) is 97.0 Å². The predicted molar refractivity (Wildman–Crippen MR) is 96.1 cm³/mol. The van der Waals surface area contributed by atoms with Gasteiger partial charge in [-0.15, -0.1) is 0 Å². The van der Waals surface area contributed by atoms with E-state index in [0.717, 1.165) is 54.8 Å². The molecule has 1 heteroatoms. The second kappa shape index (κ2) is 5.75. The molecule has 0 aromatic rings. The van der Waals surface area contributed by atoms with Crippen molar-refractivity contribution in [3.8, 4) is 0 Å². The largest absolute Gasteiger partial charge is 0.390 e. The number of rotatable bonds is 2. The molecular weight excluding hydrogens is 280 g/mol. The quantitative estimate of drug-likeness (QED) is 0.681. The maximum Gasteiger partial charge on any atom is 0.0648 e. The van der Waals surface area contributed by atoms with Crippen molar-refractivity contribution in [1.82, 2.24) is 0 Å². The Morgan fingerprint density at radius 3 is 2.39 bits per heavy atom. The lowest BCUT2D eigenvalue weighted by Crippen LogP contribution is -2.50. The summed E-state index contributed by atoms with van der Waals surface area (Å²) >= 11 is 0. The molecule has 0 saturated heterocycles. The van der Waals surface area contributed by atoms with Crippen molar-refractivity contribution in [3.63, 3.8) is 0 Å². The minimum atomic E-state index is -0.322. The van der Waals surface area contributed by atoms with E-state index in [1.165, 1.54) is 51.4 Å². The first-order valence-corrected chi connectivity index (χ1v) is 10.7. The van der Waals surface area contributed by atoms with Gasteiger partial charge in [0.1, 0.15) is 0 Å². The van der Waals surface area contributed by atoms with Crippen molar-refractivity contribution < 1.29 is 5.11 Å². The lowest BCUT2D eigenvalue weighted by Gasteiger charge is -2.57. The maximum absolute atomic E-state index is 10.8. The number of fused-ring (bicyclic) bond motifs is 5. The van der Waals surface area contributed by atoms with Crippen LogP contribution in [0.5, 0.6) is 0 Å². The van der Waals surface area contributed by atoms with Crippen molar-refractivity contribution in [2.75, 3.05) is 0 Å². The van der Waals surface area contributed by atoms with E-state index in [1.807, 2.05) is 0 Å². The monoisotopic (exact) mass is 318 g/mol. The van der Waals surface area contributed by atoms with Gasteiger partial charge in [-0.1, -0.05) is 27.2 Å². The fourth-order valence-electron chi connectivity index (χ4n) is 8.06. The molecule has 0 amide bonds. The van der Waals surface area contributed by atoms with E-state index in [9.17, 15) is 5.11 Å². The molecule has 0 aliphatic heterocycles. The fourth-order valence-corrected chi connectivity index (χ4v) is 8.06. The van der Waals surface area contributed by atoms with E-state index in [2.05, 4.69) is 20.8 Å². The standard InChI is InChI=1S/C22H38O/c1-4-16-7-9-20-19-8-6-15-14-22(23,5-2)13-11-17(15)18(19)10-12-21(16,20)3/h15-20,23H,4-14H2,1-3H3. The highest BCUT2D eigenvalue weighted by Crippen LogP contribution is 2.65. The molecule has 4 saturated carbocycles. The van der Waals surface area contributed by atoms with Gasteiger partial charge in [-0.25, -0.2) is 0 Å². The van der Waals surface area contributed by atoms with Gasteiger partial charge < -0.3 is 5.11 Å². The number of hydrogen-bond donors (Lipinski definition) is 1. The van der Waals surface area contributed by atoms with Crippen LogP contribution in [-0.2, 0) is 0 Å². The first-order chi connectivity index (χ1) is 11.0. The lowest BCUT2D eigenvalue weighted by atomic mass is 9.49. The third-order valence-corrected chi connectivity index (χ3v) is 9.45. The van der Waals surface area contributed by atoms with Crippen molar-refractivity contribution >= 4 is 0 Å². The van der Waals surface area contributed by atoms with E-state index in [4.69, 9.17) is 0 Å². The summed E-state index contributed by atoms with van der Waals surface area (Å²) in [6, 6.07) is 0. The maximum atomic E-state index is 10.8. The van der Waals surface area contributed by atoms with Crippen LogP contribution in [-0.4, -0.2) is 10.7 Å². The minimum absolute atomic E-state index is 0.322. The van der Waals surface area contributed by atoms with Crippen LogP contribution in [0.4, 0.5) is 0 Å². The molecule has 4 aliphatic rings. The van der Waals surface area contributed by atoms with E-state index in [0.29, 0.717) is 5.41 Å². The van der Waals surface area contributed by atoms with Crippen molar-refractivity contribution in [1.29, 1.82) is 0 Å². The molecule has 0 bridgehead atoms. The van der Waals surface area contributed by atoms with Crippen LogP contribution in [0.15, 0.2) is 0 Å². The van der Waals surface area contributed by atoms with E-state index < -0.39 is 0 Å². The summed E-state index contributed by atoms with van der Waals surface area (Å²) < 4.78 is 0. The molecule has 8 unspecified atom stereocenters. The average molecular weight is 319 g/mol. The van der Waals surface area contributed by atoms with Crippen molar-refractivity contribution in [3.05, 3.63) is 0 Å². The van der Waals surface area contributed by atoms with E-state index in [-0.39, 0.29) is 5.60 Å². The topological polar surface area (TPSA) is 20.2 Å². The first-order valence-electron chi connectivity index (χ1n) is 10.7. The normalized spacial score (nSPS) is 55.8. The summed E-state index contributed by atoms with van der Waals surface area (Å²) in [5.74, 6) is 5.85. The molecule has 0 aromatic carbocycles. The van der Waals surface area contributed by atoms with E-state index in [1.54, 1.807) is 0 Å². The van der Waals surface area contributed by atoms with Crippen LogP contribution in [0, 0.1) is 40.9 Å². The number of hydrogen-bond acceptors (Lipinski definition) is 1. The Balaban J connectivity index is 1.52. The average Bonchev–Trinajstić information content (AvgIpc) is 2.90. The van der Waals surface area contributed by atoms with Gasteiger partial charge in [0.2, 0.25) is 0 Å². The molecule has 0 spiro atoms. The Bertz CT molecular complexity index is 445. The fraction of sp³-hybridized carbons (Fsp3) is 1.00. The molecule has 8 atom stereocenters. The molecule has 4 aliphatic carbocycles. The highest BCUT2D eigenvalue weighted by molar-refractivity contribution is 5.06. The van der Waals surface area contributed by atoms with Gasteiger partial charge in [0.25, 0.3) is 0 Å². The van der Waals surface area contributed by atoms with Crippen molar-refractivity contribution in [2.24, 2.45) is 40.9 Å². The van der Waals surface area contributed by atoms with Gasteiger partial charge in [0.15, 0.2) is 0 Å². The van der Waals surface area contributed by atoms with Gasteiger partial charge in [-0.05, 0) is 105 Å². The first kappa shape index (κ1) is 16.4. The highest BCUT2D eigenvalue weighted by Gasteiger charge is 2.57. The second-order valence-electron chi connectivity index (χ2n) is 9.98. The molecule has 0 heterocycles. The zero-order valence-electron chi connectivity index (χ0n) is 15.7. The van der Waals surface area contributed by atoms with Crippen LogP contribution < -0.4 is 0 Å². The Kier molecular flexibility index (Phi) is 4.11. The zero-order valence-corrected chi connectivity index (χ0v) is 15.7. The van der Waals surface area contributed by atoms with Crippen LogP contribution in [0.25, 0.3) is 0 Å². The van der Waals surface area contributed by atoms with Crippen LogP contribution >= 0.6 is 0 Å². The summed E-state index contributed by atoms with van der Waals surface area (Å²) in [6.07, 6.45) is 14.8. The van der Waals surface area contributed by atoms with Crippen LogP contribution in [0.2, 0.25) is 0 Å². The molecule has 4 rings (SSSR count). The smallest absolute Gasteiger partial charge is 0.0648 e. The van der Waals surface area contributed by atoms with Gasteiger partial charge >= 0.3 is 0 Å². The zero-order chi connectivity index (χ0) is 16.2. The highest BCUT2D eigenvalue weighted by atomic mass is 16.3. The predicted octanol–water partition coefficient (Wildman–Crippen LogP) is 5.81. The molecule has 1 N–H and O–H groups in total. The summed E-state index contributed by atoms with van der Waals surface area (Å²) in [5, 5.41) is 10.8. The molecule has 4 fully saturated rings. The molecule has 0 radical (unpaired) electrons. The van der Waals surface area contributed by atoms with Gasteiger partial charge in [-0.2, -0.15) is 0 Å². The Morgan fingerprint density at radius 1 is 0.870 bits per heavy atom. The lowest BCUT2D eigenvalue weighted by molar-refractivity contribution is -0.106. The summed E-state index contributed by atoms with van der Waals surface area (Å²) in [5.41, 5.74) is 0.347. The Labute approximate surface area is 143 Å². The molecular formula is C22H38O. The molecule has 132 valence electrons. The summed E-state index contributed by atoms with van der Waals surface area (Å²) in [6.45, 7) is 7.26. The Morgan fingerprint density at radius 2 is 1.65 bits per heavy atom. The van der Waals surface area contributed by atoms with E-state index >= 15 is 0 Å². The second-order valence-corrected chi connectivity index (χ2v) is 9.98. The number of aliphatic hydroxyl groups is 1. The minimum Gasteiger partial charge on any atom is -0.390 e. The van der Waals surface area contributed by atoms with Crippen LogP contribution in [0.3, 0.4) is 0 Å². The van der Waals surface area contributed by atoms with Gasteiger partial charge in [0.05, 0.1) is 5.60 Å². The summed E-state index contributed by atoms with van der Waals surface area (Å²) in [7, 11) is 0. The molecule has 23 heavy (non-hydrogen) atoms. The van der Waals surface area contributed by atoms with Crippen LogP contribution in [0.1, 0.15) is 91.4 Å². The summed E-state index contributed by atoms with van der Waals surface area (Å²) in [4.78, 5) is 0. The molecule has 0 aromatic heterocycles. The molecule has 1 nitrogen and oxygen atoms in total. The van der Waals surface area contributed by atoms with Gasteiger partial charge in [-0.3, -0.25) is 0 Å². The third kappa shape index (κ3) is 2.43. The Hall–Kier alpha value is -0.0400. The van der Waals surface area contributed by atoms with Gasteiger partial charge in [0, 0.05) is 0 Å². The SMILES string of the molecule is CCC1CCC2C3CCC4CC(O)(CC)CCC4C3CCC12C. The third-order valence-electron chi connectivity index (χ3n) is 9.45.